The highest BCUT2D eigenvalue weighted by atomic mass is 35.5. The summed E-state index contributed by atoms with van der Waals surface area (Å²) in [4.78, 5) is 14.9. The molecule has 0 aliphatic carbocycles. The molecule has 3 aromatic rings. The van der Waals surface area contributed by atoms with E-state index in [9.17, 15) is 4.79 Å². The minimum absolute atomic E-state index is 0.00449. The van der Waals surface area contributed by atoms with Gasteiger partial charge < -0.3 is 9.64 Å². The van der Waals surface area contributed by atoms with E-state index in [0.29, 0.717) is 10.8 Å². The van der Waals surface area contributed by atoms with Gasteiger partial charge in [-0.15, -0.1) is 0 Å². The summed E-state index contributed by atoms with van der Waals surface area (Å²) in [5.74, 6) is 0.692. The first-order valence-electron chi connectivity index (χ1n) is 8.99. The Morgan fingerprint density at radius 2 is 1.48 bits per heavy atom. The molecule has 3 nitrogen and oxygen atoms in total. The average Bonchev–Trinajstić information content (AvgIpc) is 2.72. The highest BCUT2D eigenvalue weighted by Gasteiger charge is 2.52. The van der Waals surface area contributed by atoms with E-state index < -0.39 is 6.10 Å². The summed E-state index contributed by atoms with van der Waals surface area (Å²) in [5, 5.41) is 0.674. The summed E-state index contributed by atoms with van der Waals surface area (Å²) < 4.78 is 6.05. The van der Waals surface area contributed by atoms with E-state index in [1.807, 2.05) is 89.8 Å². The maximum absolute atomic E-state index is 13.0. The van der Waals surface area contributed by atoms with Gasteiger partial charge in [-0.05, 0) is 42.3 Å². The number of carbonyl (C=O) groups is 1. The minimum Gasteiger partial charge on any atom is -0.478 e. The largest absolute Gasteiger partial charge is 0.478 e. The third-order valence-electron chi connectivity index (χ3n) is 5.00. The molecule has 27 heavy (non-hydrogen) atoms. The minimum atomic E-state index is -0.542. The number of halogens is 1. The number of hydrogen-bond donors (Lipinski definition) is 0. The molecule has 1 saturated heterocycles. The Hall–Kier alpha value is -2.78. The molecular formula is C23H20ClNO2. The third-order valence-corrected chi connectivity index (χ3v) is 5.25. The summed E-state index contributed by atoms with van der Waals surface area (Å²) in [6.45, 7) is 2.05. The molecule has 1 amide bonds. The first kappa shape index (κ1) is 17.6. The molecule has 4 rings (SSSR count). The van der Waals surface area contributed by atoms with Crippen molar-refractivity contribution in [2.24, 2.45) is 0 Å². The van der Waals surface area contributed by atoms with Gasteiger partial charge in [0.15, 0.2) is 0 Å². The molecule has 0 N–H and O–H groups in total. The monoisotopic (exact) mass is 377 g/mol. The Morgan fingerprint density at radius 1 is 0.889 bits per heavy atom. The Kier molecular flexibility index (Phi) is 4.87. The molecule has 0 unspecified atom stereocenters. The summed E-state index contributed by atoms with van der Waals surface area (Å²) >= 11 is 6.06. The van der Waals surface area contributed by atoms with Gasteiger partial charge >= 0.3 is 0 Å². The van der Waals surface area contributed by atoms with E-state index in [4.69, 9.17) is 16.3 Å². The second kappa shape index (κ2) is 7.45. The first-order valence-corrected chi connectivity index (χ1v) is 9.37. The molecule has 0 radical (unpaired) electrons. The lowest BCUT2D eigenvalue weighted by Crippen LogP contribution is -2.61. The van der Waals surface area contributed by atoms with Crippen molar-refractivity contribution in [1.82, 2.24) is 4.90 Å². The molecule has 0 aromatic heterocycles. The Morgan fingerprint density at radius 3 is 2.11 bits per heavy atom. The summed E-state index contributed by atoms with van der Waals surface area (Å²) in [6.07, 6.45) is -0.542. The van der Waals surface area contributed by atoms with Gasteiger partial charge in [-0.2, -0.15) is 0 Å². The van der Waals surface area contributed by atoms with Gasteiger partial charge in [0.1, 0.15) is 11.8 Å². The van der Waals surface area contributed by atoms with Gasteiger partial charge in [0.05, 0.1) is 6.04 Å². The Bertz CT molecular complexity index is 912. The highest BCUT2D eigenvalue weighted by Crippen LogP contribution is 2.43. The van der Waals surface area contributed by atoms with E-state index in [2.05, 4.69) is 6.92 Å². The number of carbonyl (C=O) groups excluding carboxylic acids is 1. The van der Waals surface area contributed by atoms with E-state index in [-0.39, 0.29) is 18.0 Å². The molecular weight excluding hydrogens is 358 g/mol. The van der Waals surface area contributed by atoms with Crippen molar-refractivity contribution in [1.29, 1.82) is 0 Å². The quantitative estimate of drug-likeness (QED) is 0.554. The number of nitrogens with zero attached hydrogens (tertiary/aromatic N) is 1. The third kappa shape index (κ3) is 3.43. The van der Waals surface area contributed by atoms with Gasteiger partial charge in [-0.25, -0.2) is 0 Å². The Balaban J connectivity index is 1.66. The molecule has 3 aromatic carbocycles. The smallest absolute Gasteiger partial charge is 0.267 e. The van der Waals surface area contributed by atoms with Crippen LogP contribution in [-0.4, -0.2) is 16.9 Å². The van der Waals surface area contributed by atoms with Gasteiger partial charge in [0, 0.05) is 5.02 Å². The predicted octanol–water partition coefficient (Wildman–Crippen LogP) is 5.43. The van der Waals surface area contributed by atoms with Crippen LogP contribution in [-0.2, 0) is 4.79 Å². The molecule has 3 atom stereocenters. The molecule has 1 heterocycles. The van der Waals surface area contributed by atoms with Crippen molar-refractivity contribution in [2.45, 2.75) is 25.1 Å². The standard InChI is InChI=1S/C23H20ClNO2/c1-16(17-8-4-2-5-9-17)25-21(18-12-14-19(24)15-13-18)22(23(25)26)27-20-10-6-3-7-11-20/h2-16,21-22H,1H3/t16-,21+,22-/m0/s1. The number of amides is 1. The number of β-lactam (4-membered cyclic amide) rings is 1. The number of likely N-dealkylation sites (tertiary alicyclic amines) is 1. The van der Waals surface area contributed by atoms with Crippen LogP contribution in [0.5, 0.6) is 5.75 Å². The van der Waals surface area contributed by atoms with Crippen LogP contribution in [0, 0.1) is 0 Å². The predicted molar refractivity (Wildman–Crippen MR) is 107 cm³/mol. The van der Waals surface area contributed by atoms with Crippen LogP contribution in [0.4, 0.5) is 0 Å². The van der Waals surface area contributed by atoms with Crippen LogP contribution in [0.25, 0.3) is 0 Å². The van der Waals surface area contributed by atoms with Crippen molar-refractivity contribution in [3.63, 3.8) is 0 Å². The van der Waals surface area contributed by atoms with Crippen molar-refractivity contribution >= 4 is 17.5 Å². The van der Waals surface area contributed by atoms with Crippen molar-refractivity contribution < 1.29 is 9.53 Å². The highest BCUT2D eigenvalue weighted by molar-refractivity contribution is 6.30. The van der Waals surface area contributed by atoms with Gasteiger partial charge in [0.25, 0.3) is 5.91 Å². The Labute approximate surface area is 164 Å². The fourth-order valence-corrected chi connectivity index (χ4v) is 3.69. The number of ether oxygens (including phenoxy) is 1. The van der Waals surface area contributed by atoms with Gasteiger partial charge in [-0.1, -0.05) is 72.3 Å². The van der Waals surface area contributed by atoms with Crippen LogP contribution in [0.3, 0.4) is 0 Å². The average molecular weight is 378 g/mol. The van der Waals surface area contributed by atoms with Crippen molar-refractivity contribution in [2.75, 3.05) is 0 Å². The maximum atomic E-state index is 13.0. The molecule has 1 aliphatic rings. The SMILES string of the molecule is C[C@@H](c1ccccc1)N1C(=O)[C@@H](Oc2ccccc2)[C@H]1c1ccc(Cl)cc1. The fraction of sp³-hybridized carbons (Fsp3) is 0.174. The topological polar surface area (TPSA) is 29.5 Å². The van der Waals surface area contributed by atoms with Crippen LogP contribution in [0.1, 0.15) is 30.1 Å². The normalized spacial score (nSPS) is 20.1. The molecule has 0 bridgehead atoms. The lowest BCUT2D eigenvalue weighted by Gasteiger charge is -2.50. The summed E-state index contributed by atoms with van der Waals surface area (Å²) in [5.41, 5.74) is 2.12. The van der Waals surface area contributed by atoms with E-state index in [1.165, 1.54) is 0 Å². The van der Waals surface area contributed by atoms with Crippen molar-refractivity contribution in [3.05, 3.63) is 101 Å². The molecule has 0 spiro atoms. The number of hydrogen-bond acceptors (Lipinski definition) is 2. The van der Waals surface area contributed by atoms with Crippen molar-refractivity contribution in [3.8, 4) is 5.75 Å². The lowest BCUT2D eigenvalue weighted by molar-refractivity contribution is -0.169. The fourth-order valence-electron chi connectivity index (χ4n) is 3.56. The van der Waals surface area contributed by atoms with E-state index >= 15 is 0 Å². The maximum Gasteiger partial charge on any atom is 0.267 e. The number of para-hydroxylation sites is 1. The second-order valence-electron chi connectivity index (χ2n) is 6.68. The molecule has 0 saturated carbocycles. The lowest BCUT2D eigenvalue weighted by atomic mass is 9.87. The molecule has 1 fully saturated rings. The van der Waals surface area contributed by atoms with Crippen LogP contribution in [0.2, 0.25) is 5.02 Å². The molecule has 4 heteroatoms. The number of rotatable bonds is 5. The van der Waals surface area contributed by atoms with E-state index in [0.717, 1.165) is 11.1 Å². The zero-order valence-corrected chi connectivity index (χ0v) is 15.7. The van der Waals surface area contributed by atoms with Crippen LogP contribution in [0.15, 0.2) is 84.9 Å². The van der Waals surface area contributed by atoms with E-state index in [1.54, 1.807) is 0 Å². The van der Waals surface area contributed by atoms with Gasteiger partial charge in [-0.3, -0.25) is 4.79 Å². The van der Waals surface area contributed by atoms with Crippen LogP contribution < -0.4 is 4.74 Å². The van der Waals surface area contributed by atoms with Gasteiger partial charge in [0.2, 0.25) is 6.10 Å². The summed E-state index contributed by atoms with van der Waals surface area (Å²) in [7, 11) is 0. The second-order valence-corrected chi connectivity index (χ2v) is 7.12. The zero-order chi connectivity index (χ0) is 18.8. The first-order chi connectivity index (χ1) is 13.1. The summed E-state index contributed by atoms with van der Waals surface area (Å²) in [6, 6.07) is 26.9. The number of benzene rings is 3. The molecule has 136 valence electrons. The zero-order valence-electron chi connectivity index (χ0n) is 15.0. The molecule has 1 aliphatic heterocycles. The van der Waals surface area contributed by atoms with Crippen LogP contribution >= 0.6 is 11.6 Å².